The third kappa shape index (κ3) is 3.23. The number of nitrogens with zero attached hydrogens (tertiary/aromatic N) is 2. The van der Waals surface area contributed by atoms with Crippen LogP contribution >= 0.6 is 0 Å². The van der Waals surface area contributed by atoms with Gasteiger partial charge in [-0.25, -0.2) is 14.8 Å². The number of hydrogen-bond donors (Lipinski definition) is 2. The number of carboxylic acid groups (broad SMARTS) is 1. The Bertz CT molecular complexity index is 629. The van der Waals surface area contributed by atoms with Gasteiger partial charge in [0.2, 0.25) is 5.95 Å². The van der Waals surface area contributed by atoms with Crippen molar-refractivity contribution in [1.82, 2.24) is 9.97 Å². The topological polar surface area (TPSA) is 84.3 Å². The number of carbonyl (C=O) groups is 1. The fraction of sp³-hybridized carbons (Fsp3) is 0.214. The highest BCUT2D eigenvalue weighted by molar-refractivity contribution is 5.85. The number of hydrogen-bond acceptors (Lipinski definition) is 5. The van der Waals surface area contributed by atoms with Crippen molar-refractivity contribution < 1.29 is 14.6 Å². The largest absolute Gasteiger partial charge is 0.496 e. The Labute approximate surface area is 116 Å². The van der Waals surface area contributed by atoms with Crippen LogP contribution in [0, 0.1) is 6.92 Å². The lowest BCUT2D eigenvalue weighted by molar-refractivity contribution is 0.0690. The number of rotatable bonds is 5. The molecule has 0 amide bonds. The van der Waals surface area contributed by atoms with E-state index in [1.165, 1.54) is 6.07 Å². The van der Waals surface area contributed by atoms with Gasteiger partial charge in [-0.1, -0.05) is 18.2 Å². The summed E-state index contributed by atoms with van der Waals surface area (Å²) in [6.07, 6.45) is 0. The molecule has 6 nitrogen and oxygen atoms in total. The molecule has 1 aromatic heterocycles. The fourth-order valence-electron chi connectivity index (χ4n) is 1.78. The van der Waals surface area contributed by atoms with Gasteiger partial charge in [0.15, 0.2) is 5.69 Å². The molecule has 0 saturated carbocycles. The van der Waals surface area contributed by atoms with E-state index < -0.39 is 5.97 Å². The molecule has 0 unspecified atom stereocenters. The van der Waals surface area contributed by atoms with Gasteiger partial charge in [-0.15, -0.1) is 0 Å². The predicted octanol–water partition coefficient (Wildman–Crippen LogP) is 2.10. The second-order valence-electron chi connectivity index (χ2n) is 4.19. The molecule has 0 radical (unpaired) electrons. The predicted molar refractivity (Wildman–Crippen MR) is 74.0 cm³/mol. The van der Waals surface area contributed by atoms with Crippen LogP contribution in [-0.4, -0.2) is 28.2 Å². The molecule has 2 N–H and O–H groups in total. The molecule has 2 aromatic rings. The average molecular weight is 273 g/mol. The molecule has 0 fully saturated rings. The molecular formula is C14H15N3O3. The molecule has 0 atom stereocenters. The SMILES string of the molecule is COc1ccccc1CNc1nc(C)cc(C(=O)O)n1. The number of methoxy groups -OCH3 is 1. The number of nitrogens with one attached hydrogen (secondary N) is 1. The van der Waals surface area contributed by atoms with Crippen molar-refractivity contribution in [3.05, 3.63) is 47.3 Å². The van der Waals surface area contributed by atoms with E-state index in [1.54, 1.807) is 14.0 Å². The van der Waals surface area contributed by atoms with E-state index in [4.69, 9.17) is 9.84 Å². The molecule has 104 valence electrons. The summed E-state index contributed by atoms with van der Waals surface area (Å²) < 4.78 is 5.24. The Morgan fingerprint density at radius 3 is 2.80 bits per heavy atom. The highest BCUT2D eigenvalue weighted by Gasteiger charge is 2.09. The number of ether oxygens (including phenoxy) is 1. The fourth-order valence-corrected chi connectivity index (χ4v) is 1.78. The Hall–Kier alpha value is -2.63. The van der Waals surface area contributed by atoms with Gasteiger partial charge >= 0.3 is 5.97 Å². The van der Waals surface area contributed by atoms with Crippen LogP contribution < -0.4 is 10.1 Å². The zero-order valence-corrected chi connectivity index (χ0v) is 11.3. The Morgan fingerprint density at radius 2 is 2.10 bits per heavy atom. The van der Waals surface area contributed by atoms with Crippen molar-refractivity contribution in [3.63, 3.8) is 0 Å². The quantitative estimate of drug-likeness (QED) is 0.868. The van der Waals surface area contributed by atoms with Crippen LogP contribution in [0.2, 0.25) is 0 Å². The molecule has 1 heterocycles. The highest BCUT2D eigenvalue weighted by atomic mass is 16.5. The summed E-state index contributed by atoms with van der Waals surface area (Å²) >= 11 is 0. The minimum absolute atomic E-state index is 0.0278. The molecule has 0 saturated heterocycles. The lowest BCUT2D eigenvalue weighted by Crippen LogP contribution is -2.09. The van der Waals surface area contributed by atoms with Crippen molar-refractivity contribution in [2.24, 2.45) is 0 Å². The van der Waals surface area contributed by atoms with Crippen LogP contribution in [0.1, 0.15) is 21.7 Å². The summed E-state index contributed by atoms with van der Waals surface area (Å²) in [4.78, 5) is 19.0. The summed E-state index contributed by atoms with van der Waals surface area (Å²) in [6.45, 7) is 2.18. The van der Waals surface area contributed by atoms with E-state index in [2.05, 4.69) is 15.3 Å². The summed E-state index contributed by atoms with van der Waals surface area (Å²) in [5.74, 6) is -0.0322. The monoisotopic (exact) mass is 273 g/mol. The maximum Gasteiger partial charge on any atom is 0.354 e. The van der Waals surface area contributed by atoms with E-state index >= 15 is 0 Å². The number of aryl methyl sites for hydroxylation is 1. The number of aromatic nitrogens is 2. The first-order valence-electron chi connectivity index (χ1n) is 6.05. The van der Waals surface area contributed by atoms with Crippen molar-refractivity contribution in [2.45, 2.75) is 13.5 Å². The Kier molecular flexibility index (Phi) is 4.14. The van der Waals surface area contributed by atoms with Gasteiger partial charge in [0, 0.05) is 17.8 Å². The van der Waals surface area contributed by atoms with Gasteiger partial charge in [0.25, 0.3) is 0 Å². The van der Waals surface area contributed by atoms with E-state index in [1.807, 2.05) is 24.3 Å². The van der Waals surface area contributed by atoms with E-state index in [9.17, 15) is 4.79 Å². The number of carboxylic acids is 1. The maximum absolute atomic E-state index is 10.9. The molecule has 0 bridgehead atoms. The van der Waals surface area contributed by atoms with Crippen LogP contribution in [0.4, 0.5) is 5.95 Å². The molecule has 6 heteroatoms. The summed E-state index contributed by atoms with van der Waals surface area (Å²) in [5, 5.41) is 12.0. The molecule has 0 aliphatic heterocycles. The Morgan fingerprint density at radius 1 is 1.35 bits per heavy atom. The molecule has 0 spiro atoms. The van der Waals surface area contributed by atoms with E-state index in [-0.39, 0.29) is 11.6 Å². The molecule has 20 heavy (non-hydrogen) atoms. The van der Waals surface area contributed by atoms with Crippen LogP contribution in [0.3, 0.4) is 0 Å². The van der Waals surface area contributed by atoms with E-state index in [0.29, 0.717) is 12.2 Å². The molecular weight excluding hydrogens is 258 g/mol. The second kappa shape index (κ2) is 6.01. The van der Waals surface area contributed by atoms with Gasteiger partial charge in [0.1, 0.15) is 5.75 Å². The van der Waals surface area contributed by atoms with Crippen LogP contribution in [0.25, 0.3) is 0 Å². The lowest BCUT2D eigenvalue weighted by atomic mass is 10.2. The number of para-hydroxylation sites is 1. The van der Waals surface area contributed by atoms with Gasteiger partial charge in [-0.2, -0.15) is 0 Å². The zero-order chi connectivity index (χ0) is 14.5. The van der Waals surface area contributed by atoms with Gasteiger partial charge in [-0.3, -0.25) is 0 Å². The van der Waals surface area contributed by atoms with Crippen molar-refractivity contribution >= 4 is 11.9 Å². The second-order valence-corrected chi connectivity index (χ2v) is 4.19. The lowest BCUT2D eigenvalue weighted by Gasteiger charge is -2.10. The van der Waals surface area contributed by atoms with Crippen LogP contribution in [0.5, 0.6) is 5.75 Å². The summed E-state index contributed by atoms with van der Waals surface area (Å²) in [6, 6.07) is 8.99. The summed E-state index contributed by atoms with van der Waals surface area (Å²) in [7, 11) is 1.60. The van der Waals surface area contributed by atoms with E-state index in [0.717, 1.165) is 11.3 Å². The zero-order valence-electron chi connectivity index (χ0n) is 11.3. The van der Waals surface area contributed by atoms with Gasteiger partial charge < -0.3 is 15.2 Å². The van der Waals surface area contributed by atoms with Gasteiger partial charge in [0.05, 0.1) is 7.11 Å². The van der Waals surface area contributed by atoms with Crippen LogP contribution in [-0.2, 0) is 6.54 Å². The number of aromatic carboxylic acids is 1. The standard InChI is InChI=1S/C14H15N3O3/c1-9-7-11(13(18)19)17-14(16-9)15-8-10-5-3-4-6-12(10)20-2/h3-7H,8H2,1-2H3,(H,18,19)(H,15,16,17). The van der Waals surface area contributed by atoms with Crippen molar-refractivity contribution in [3.8, 4) is 5.75 Å². The number of anilines is 1. The number of benzene rings is 1. The normalized spacial score (nSPS) is 10.1. The van der Waals surface area contributed by atoms with Crippen molar-refractivity contribution in [2.75, 3.05) is 12.4 Å². The smallest absolute Gasteiger partial charge is 0.354 e. The average Bonchev–Trinajstić information content (AvgIpc) is 2.44. The van der Waals surface area contributed by atoms with Gasteiger partial charge in [-0.05, 0) is 19.1 Å². The summed E-state index contributed by atoms with van der Waals surface area (Å²) in [5.41, 5.74) is 1.51. The third-order valence-electron chi connectivity index (χ3n) is 2.70. The first kappa shape index (κ1) is 13.8. The molecule has 0 aliphatic carbocycles. The first-order valence-corrected chi connectivity index (χ1v) is 6.05. The highest BCUT2D eigenvalue weighted by Crippen LogP contribution is 2.18. The van der Waals surface area contributed by atoms with Crippen molar-refractivity contribution in [1.29, 1.82) is 0 Å². The first-order chi connectivity index (χ1) is 9.60. The third-order valence-corrected chi connectivity index (χ3v) is 2.70. The Balaban J connectivity index is 2.16. The van der Waals surface area contributed by atoms with Crippen LogP contribution in [0.15, 0.2) is 30.3 Å². The maximum atomic E-state index is 10.9. The minimum atomic E-state index is -1.07. The molecule has 1 aromatic carbocycles. The minimum Gasteiger partial charge on any atom is -0.496 e. The molecule has 0 aliphatic rings. The molecule has 2 rings (SSSR count).